The summed E-state index contributed by atoms with van der Waals surface area (Å²) < 4.78 is 0. The number of H-pyrrole nitrogens is 1. The highest BCUT2D eigenvalue weighted by Crippen LogP contribution is 2.26. The number of aromatic amines is 1. The molecule has 0 aliphatic heterocycles. The number of nitrogens with zero attached hydrogens (tertiary/aromatic N) is 3. The fourth-order valence-corrected chi connectivity index (χ4v) is 2.48. The van der Waals surface area contributed by atoms with Gasteiger partial charge in [-0.15, -0.1) is 0 Å². The summed E-state index contributed by atoms with van der Waals surface area (Å²) in [7, 11) is 0. The normalized spacial score (nSPS) is 9.88. The smallest absolute Gasteiger partial charge is 0.224 e. The molecule has 6 heteroatoms. The number of hydrogen-bond donors (Lipinski definition) is 2. The number of anilines is 2. The lowest BCUT2D eigenvalue weighted by Gasteiger charge is -2.09. The first-order chi connectivity index (χ1) is 12.7. The largest absolute Gasteiger partial charge is 0.340 e. The first-order valence-corrected chi connectivity index (χ1v) is 9.21. The summed E-state index contributed by atoms with van der Waals surface area (Å²) in [6, 6.07) is 13.7. The van der Waals surface area contributed by atoms with Crippen molar-refractivity contribution in [3.05, 3.63) is 53.9 Å². The Hall–Kier alpha value is -2.66. The second-order valence-corrected chi connectivity index (χ2v) is 5.70. The van der Waals surface area contributed by atoms with Gasteiger partial charge in [-0.1, -0.05) is 46.2 Å². The Morgan fingerprint density at radius 1 is 1.04 bits per heavy atom. The SMILES string of the molecule is CC.CCC.Clc1nc(Nc2ccc3[nH]ncc3c2)c2ccccc2n1. The van der Waals surface area contributed by atoms with Gasteiger partial charge in [0.05, 0.1) is 17.2 Å². The number of aromatic nitrogens is 4. The molecule has 0 radical (unpaired) electrons. The Kier molecular flexibility index (Phi) is 7.36. The van der Waals surface area contributed by atoms with Gasteiger partial charge in [0.2, 0.25) is 5.28 Å². The topological polar surface area (TPSA) is 66.5 Å². The fraction of sp³-hybridized carbons (Fsp3) is 0.250. The average molecular weight is 370 g/mol. The quantitative estimate of drug-likeness (QED) is 0.404. The molecule has 0 amide bonds. The molecule has 2 N–H and O–H groups in total. The third-order valence-electron chi connectivity index (χ3n) is 3.28. The minimum Gasteiger partial charge on any atom is -0.340 e. The monoisotopic (exact) mass is 369 g/mol. The van der Waals surface area contributed by atoms with Gasteiger partial charge in [-0.05, 0) is 41.9 Å². The molecule has 4 rings (SSSR count). The molecule has 0 aliphatic rings. The molecule has 26 heavy (non-hydrogen) atoms. The van der Waals surface area contributed by atoms with Crippen LogP contribution in [0.15, 0.2) is 48.7 Å². The number of rotatable bonds is 2. The van der Waals surface area contributed by atoms with Crippen molar-refractivity contribution in [2.45, 2.75) is 34.1 Å². The van der Waals surface area contributed by atoms with Crippen LogP contribution < -0.4 is 5.32 Å². The van der Waals surface area contributed by atoms with Gasteiger partial charge < -0.3 is 5.32 Å². The molecule has 2 heterocycles. The van der Waals surface area contributed by atoms with E-state index in [2.05, 4.69) is 39.3 Å². The van der Waals surface area contributed by atoms with Crippen LogP contribution in [0.2, 0.25) is 5.28 Å². The predicted octanol–water partition coefficient (Wildman–Crippen LogP) is 6.35. The Morgan fingerprint density at radius 3 is 2.54 bits per heavy atom. The summed E-state index contributed by atoms with van der Waals surface area (Å²) >= 11 is 5.99. The number of hydrogen-bond acceptors (Lipinski definition) is 4. The Balaban J connectivity index is 0.000000444. The van der Waals surface area contributed by atoms with E-state index in [1.165, 1.54) is 6.42 Å². The number of benzene rings is 2. The molecule has 0 bridgehead atoms. The standard InChI is InChI=1S/C15H10ClN5.C3H8.C2H6/c16-15-19-13-4-2-1-3-11(13)14(20-15)18-10-5-6-12-9(7-10)8-17-21-12;1-3-2;1-2/h1-8H,(H,17,21)(H,18,19,20);3H2,1-2H3;1-2H3. The van der Waals surface area contributed by atoms with Gasteiger partial charge in [0, 0.05) is 16.5 Å². The van der Waals surface area contributed by atoms with E-state index in [-0.39, 0.29) is 5.28 Å². The van der Waals surface area contributed by atoms with Crippen LogP contribution in [0.3, 0.4) is 0 Å². The lowest BCUT2D eigenvalue weighted by molar-refractivity contribution is 1.09. The first-order valence-electron chi connectivity index (χ1n) is 8.83. The van der Waals surface area contributed by atoms with Crippen molar-refractivity contribution in [1.29, 1.82) is 0 Å². The molecule has 0 aliphatic carbocycles. The van der Waals surface area contributed by atoms with E-state index in [1.807, 2.05) is 56.3 Å². The summed E-state index contributed by atoms with van der Waals surface area (Å²) in [4.78, 5) is 8.50. The summed E-state index contributed by atoms with van der Waals surface area (Å²) in [6.07, 6.45) is 3.03. The molecule has 0 atom stereocenters. The minimum atomic E-state index is 0.223. The van der Waals surface area contributed by atoms with Crippen LogP contribution in [0.5, 0.6) is 0 Å². The lowest BCUT2D eigenvalue weighted by Crippen LogP contribution is -1.97. The number of halogens is 1. The van der Waals surface area contributed by atoms with E-state index in [9.17, 15) is 0 Å². The molecule has 2 aromatic heterocycles. The van der Waals surface area contributed by atoms with E-state index in [0.29, 0.717) is 5.82 Å². The summed E-state index contributed by atoms with van der Waals surface area (Å²) in [5.41, 5.74) is 2.72. The molecule has 4 aromatic rings. The van der Waals surface area contributed by atoms with E-state index < -0.39 is 0 Å². The maximum atomic E-state index is 5.99. The van der Waals surface area contributed by atoms with Crippen molar-refractivity contribution < 1.29 is 0 Å². The van der Waals surface area contributed by atoms with Gasteiger partial charge >= 0.3 is 0 Å². The van der Waals surface area contributed by atoms with E-state index in [0.717, 1.165) is 27.5 Å². The molecule has 0 fully saturated rings. The van der Waals surface area contributed by atoms with Crippen LogP contribution in [-0.2, 0) is 0 Å². The zero-order valence-corrected chi connectivity index (χ0v) is 16.3. The Labute approximate surface area is 158 Å². The molecule has 0 unspecified atom stereocenters. The average Bonchev–Trinajstić information content (AvgIpc) is 3.12. The number of nitrogens with one attached hydrogen (secondary N) is 2. The van der Waals surface area contributed by atoms with Gasteiger partial charge in [-0.2, -0.15) is 10.1 Å². The van der Waals surface area contributed by atoms with Crippen LogP contribution in [0, 0.1) is 0 Å². The summed E-state index contributed by atoms with van der Waals surface area (Å²) in [5.74, 6) is 0.688. The Morgan fingerprint density at radius 2 is 1.77 bits per heavy atom. The molecule has 5 nitrogen and oxygen atoms in total. The van der Waals surface area contributed by atoms with Crippen molar-refractivity contribution in [3.8, 4) is 0 Å². The highest BCUT2D eigenvalue weighted by Gasteiger charge is 2.07. The van der Waals surface area contributed by atoms with Crippen LogP contribution >= 0.6 is 11.6 Å². The van der Waals surface area contributed by atoms with Gasteiger partial charge in [-0.25, -0.2) is 4.98 Å². The maximum absolute atomic E-state index is 5.99. The van der Waals surface area contributed by atoms with Gasteiger partial charge in [-0.3, -0.25) is 5.10 Å². The van der Waals surface area contributed by atoms with Gasteiger partial charge in [0.1, 0.15) is 5.82 Å². The maximum Gasteiger partial charge on any atom is 0.224 e. The summed E-state index contributed by atoms with van der Waals surface area (Å²) in [5, 5.41) is 12.4. The zero-order chi connectivity index (χ0) is 18.9. The van der Waals surface area contributed by atoms with E-state index >= 15 is 0 Å². The number of para-hydroxylation sites is 1. The van der Waals surface area contributed by atoms with Crippen LogP contribution in [0.4, 0.5) is 11.5 Å². The highest BCUT2D eigenvalue weighted by atomic mass is 35.5. The lowest BCUT2D eigenvalue weighted by atomic mass is 10.2. The van der Waals surface area contributed by atoms with Crippen LogP contribution in [0.1, 0.15) is 34.1 Å². The van der Waals surface area contributed by atoms with Crippen molar-refractivity contribution >= 4 is 44.9 Å². The van der Waals surface area contributed by atoms with Gasteiger partial charge in [0.25, 0.3) is 0 Å². The van der Waals surface area contributed by atoms with Crippen LogP contribution in [0.25, 0.3) is 21.8 Å². The molecule has 0 spiro atoms. The fourth-order valence-electron chi connectivity index (χ4n) is 2.30. The van der Waals surface area contributed by atoms with E-state index in [1.54, 1.807) is 6.20 Å². The van der Waals surface area contributed by atoms with Crippen LogP contribution in [-0.4, -0.2) is 20.2 Å². The molecule has 136 valence electrons. The van der Waals surface area contributed by atoms with Gasteiger partial charge in [0.15, 0.2) is 0 Å². The molecular weight excluding hydrogens is 346 g/mol. The molecular formula is C20H24ClN5. The second-order valence-electron chi connectivity index (χ2n) is 5.36. The molecule has 0 saturated carbocycles. The van der Waals surface area contributed by atoms with Crippen molar-refractivity contribution in [2.75, 3.05) is 5.32 Å². The Bertz CT molecular complexity index is 965. The van der Waals surface area contributed by atoms with E-state index in [4.69, 9.17) is 11.6 Å². The first kappa shape index (κ1) is 19.7. The van der Waals surface area contributed by atoms with Crippen molar-refractivity contribution in [1.82, 2.24) is 20.2 Å². The highest BCUT2D eigenvalue weighted by molar-refractivity contribution is 6.28. The summed E-state index contributed by atoms with van der Waals surface area (Å²) in [6.45, 7) is 8.25. The molecule has 2 aromatic carbocycles. The number of fused-ring (bicyclic) bond motifs is 2. The minimum absolute atomic E-state index is 0.223. The third-order valence-corrected chi connectivity index (χ3v) is 3.45. The second kappa shape index (κ2) is 9.73. The third kappa shape index (κ3) is 4.70. The predicted molar refractivity (Wildman–Crippen MR) is 111 cm³/mol. The van der Waals surface area contributed by atoms with Crippen molar-refractivity contribution in [3.63, 3.8) is 0 Å². The van der Waals surface area contributed by atoms with Crippen molar-refractivity contribution in [2.24, 2.45) is 0 Å². The zero-order valence-electron chi connectivity index (χ0n) is 15.5. The molecule has 0 saturated heterocycles.